The Morgan fingerprint density at radius 3 is 2.73 bits per heavy atom. The average molecular weight is 552 g/mol. The van der Waals surface area contributed by atoms with Crippen molar-refractivity contribution in [3.8, 4) is 17.0 Å². The summed E-state index contributed by atoms with van der Waals surface area (Å²) in [5.41, 5.74) is 8.25. The summed E-state index contributed by atoms with van der Waals surface area (Å²) in [7, 11) is 0. The van der Waals surface area contributed by atoms with Gasteiger partial charge in [0.05, 0.1) is 23.1 Å². The number of ether oxygens (including phenoxy) is 1. The van der Waals surface area contributed by atoms with Gasteiger partial charge in [-0.1, -0.05) is 0 Å². The minimum atomic E-state index is -5.00. The van der Waals surface area contributed by atoms with E-state index in [1.54, 1.807) is 30.2 Å². The normalized spacial score (nSPS) is 15.8. The molecule has 13 heteroatoms. The summed E-state index contributed by atoms with van der Waals surface area (Å²) >= 11 is 0. The van der Waals surface area contributed by atoms with Gasteiger partial charge in [0, 0.05) is 30.5 Å². The summed E-state index contributed by atoms with van der Waals surface area (Å²) in [6.45, 7) is 3.87. The quantitative estimate of drug-likeness (QED) is 0.359. The highest BCUT2D eigenvalue weighted by molar-refractivity contribution is 6.11. The number of hydrogen-bond acceptors (Lipinski definition) is 7. The molecule has 1 saturated carbocycles. The highest BCUT2D eigenvalue weighted by Gasteiger charge is 2.42. The molecule has 10 nitrogen and oxygen atoms in total. The topological polar surface area (TPSA) is 128 Å². The molecule has 1 aliphatic heterocycles. The van der Waals surface area contributed by atoms with Gasteiger partial charge in [0.25, 0.3) is 11.8 Å². The fraction of sp³-hybridized carbons (Fsp3) is 0.296. The monoisotopic (exact) mass is 551 g/mol. The van der Waals surface area contributed by atoms with E-state index in [9.17, 15) is 22.8 Å². The van der Waals surface area contributed by atoms with Crippen molar-refractivity contribution in [1.29, 1.82) is 0 Å². The maximum Gasteiger partial charge on any atom is 0.573 e. The van der Waals surface area contributed by atoms with Crippen LogP contribution in [0, 0.1) is 12.8 Å². The third-order valence-electron chi connectivity index (χ3n) is 7.34. The maximum absolute atomic E-state index is 13.4. The Morgan fingerprint density at radius 2 is 2.02 bits per heavy atom. The minimum Gasteiger partial charge on any atom is -0.405 e. The number of nitrogens with two attached hydrogens (primary N) is 1. The number of pyridine rings is 1. The van der Waals surface area contributed by atoms with Crippen LogP contribution in [0.5, 0.6) is 5.75 Å². The molecule has 1 aliphatic carbocycles. The van der Waals surface area contributed by atoms with Crippen LogP contribution in [0.2, 0.25) is 0 Å². The van der Waals surface area contributed by atoms with E-state index in [1.807, 2.05) is 6.92 Å². The van der Waals surface area contributed by atoms with Crippen LogP contribution >= 0.6 is 0 Å². The van der Waals surface area contributed by atoms with Crippen LogP contribution in [0.3, 0.4) is 0 Å². The molecule has 4 aromatic rings. The lowest BCUT2D eigenvalue weighted by atomic mass is 10.0. The summed E-state index contributed by atoms with van der Waals surface area (Å²) < 4.78 is 45.8. The van der Waals surface area contributed by atoms with Crippen LogP contribution in [0.15, 0.2) is 42.9 Å². The van der Waals surface area contributed by atoms with Crippen molar-refractivity contribution in [2.24, 2.45) is 5.92 Å². The zero-order valence-electron chi connectivity index (χ0n) is 21.5. The lowest BCUT2D eigenvalue weighted by molar-refractivity contribution is -0.274. The number of rotatable bonds is 6. The van der Waals surface area contributed by atoms with E-state index >= 15 is 0 Å². The van der Waals surface area contributed by atoms with Crippen LogP contribution in [-0.4, -0.2) is 48.7 Å². The van der Waals surface area contributed by atoms with Gasteiger partial charge >= 0.3 is 6.36 Å². The number of nitrogens with one attached hydrogen (secondary N) is 1. The molecule has 40 heavy (non-hydrogen) atoms. The van der Waals surface area contributed by atoms with Gasteiger partial charge in [-0.05, 0) is 68.0 Å². The van der Waals surface area contributed by atoms with E-state index < -0.39 is 23.9 Å². The molecule has 1 atom stereocenters. The summed E-state index contributed by atoms with van der Waals surface area (Å²) in [6.07, 6.45) is 1.55. The smallest absolute Gasteiger partial charge is 0.405 e. The molecule has 206 valence electrons. The van der Waals surface area contributed by atoms with Gasteiger partial charge in [-0.3, -0.25) is 14.6 Å². The van der Waals surface area contributed by atoms with E-state index in [2.05, 4.69) is 25.1 Å². The summed E-state index contributed by atoms with van der Waals surface area (Å²) in [4.78, 5) is 36.5. The lowest BCUT2D eigenvalue weighted by Crippen LogP contribution is -2.34. The number of nitrogens with zero attached hydrogens (tertiary/aromatic N) is 5. The molecule has 0 radical (unpaired) electrons. The van der Waals surface area contributed by atoms with Gasteiger partial charge in [0.1, 0.15) is 11.3 Å². The first kappa shape index (κ1) is 25.6. The Morgan fingerprint density at radius 1 is 1.25 bits per heavy atom. The van der Waals surface area contributed by atoms with Crippen LogP contribution in [0.4, 0.5) is 24.7 Å². The number of amides is 2. The van der Waals surface area contributed by atoms with Crippen molar-refractivity contribution in [3.05, 3.63) is 65.1 Å². The van der Waals surface area contributed by atoms with Crippen molar-refractivity contribution in [2.75, 3.05) is 11.1 Å². The van der Waals surface area contributed by atoms with Crippen LogP contribution < -0.4 is 15.8 Å². The average Bonchev–Trinajstić information content (AvgIpc) is 3.61. The molecule has 0 spiro atoms. The first-order valence-corrected chi connectivity index (χ1v) is 12.6. The standard InChI is InChI=1S/C27H24F3N7O3/c1-13-5-7-32-11-19(13)34-25(38)22-23(31)35-37-8-6-18(33-24(22)37)16-9-17-12-36(14(2)15-3-4-15)26(39)21(17)20(10-16)40-27(28,29)30/h5-11,14-15H,3-4,12H2,1-2H3,(H2,31,35)(H,34,38). The molecule has 6 rings (SSSR count). The number of hydrogen-bond donors (Lipinski definition) is 2. The molecule has 4 heterocycles. The predicted octanol–water partition coefficient (Wildman–Crippen LogP) is 4.59. The van der Waals surface area contributed by atoms with Gasteiger partial charge < -0.3 is 20.7 Å². The zero-order chi connectivity index (χ0) is 28.3. The number of alkyl halides is 3. The van der Waals surface area contributed by atoms with E-state index in [-0.39, 0.29) is 46.4 Å². The molecule has 2 amide bonds. The second kappa shape index (κ2) is 9.21. The molecule has 1 fully saturated rings. The highest BCUT2D eigenvalue weighted by atomic mass is 19.4. The number of carbonyl (C=O) groups is 2. The number of aromatic nitrogens is 4. The number of carbonyl (C=O) groups excluding carboxylic acids is 2. The Kier molecular flexibility index (Phi) is 5.89. The van der Waals surface area contributed by atoms with Crippen LogP contribution in [0.1, 0.15) is 51.6 Å². The van der Waals surface area contributed by atoms with E-state index in [1.165, 1.54) is 23.0 Å². The summed E-state index contributed by atoms with van der Waals surface area (Å²) in [5.74, 6) is -1.39. The molecule has 0 saturated heterocycles. The van der Waals surface area contributed by atoms with Crippen LogP contribution in [-0.2, 0) is 6.54 Å². The second-order valence-corrected chi connectivity index (χ2v) is 10.1. The lowest BCUT2D eigenvalue weighted by Gasteiger charge is -2.24. The van der Waals surface area contributed by atoms with Gasteiger partial charge in [-0.15, -0.1) is 18.3 Å². The fourth-order valence-corrected chi connectivity index (χ4v) is 5.06. The third kappa shape index (κ3) is 4.56. The van der Waals surface area contributed by atoms with Gasteiger partial charge in [0.15, 0.2) is 11.5 Å². The second-order valence-electron chi connectivity index (χ2n) is 10.1. The number of aryl methyl sites for hydroxylation is 1. The first-order chi connectivity index (χ1) is 19.0. The number of benzene rings is 1. The van der Waals surface area contributed by atoms with E-state index in [0.29, 0.717) is 17.2 Å². The highest BCUT2D eigenvalue weighted by Crippen LogP contribution is 2.42. The fourth-order valence-electron chi connectivity index (χ4n) is 5.06. The van der Waals surface area contributed by atoms with Gasteiger partial charge in [-0.2, -0.15) is 0 Å². The number of nitrogen functional groups attached to an aromatic ring is 1. The van der Waals surface area contributed by atoms with Crippen molar-refractivity contribution >= 4 is 29.0 Å². The van der Waals surface area contributed by atoms with E-state index in [4.69, 9.17) is 5.73 Å². The Hall–Kier alpha value is -4.68. The number of fused-ring (bicyclic) bond motifs is 2. The molecule has 3 N–H and O–H groups in total. The van der Waals surface area contributed by atoms with Crippen LogP contribution in [0.25, 0.3) is 16.9 Å². The molecule has 1 aromatic carbocycles. The molecule has 0 bridgehead atoms. The number of anilines is 2. The van der Waals surface area contributed by atoms with Crippen molar-refractivity contribution in [3.63, 3.8) is 0 Å². The summed E-state index contributed by atoms with van der Waals surface area (Å²) in [6, 6.07) is 5.94. The molecule has 2 aliphatic rings. The molecule has 3 aromatic heterocycles. The first-order valence-electron chi connectivity index (χ1n) is 12.6. The van der Waals surface area contributed by atoms with Crippen molar-refractivity contribution in [1.82, 2.24) is 24.5 Å². The Balaban J connectivity index is 1.41. The molecule has 1 unspecified atom stereocenters. The Labute approximate surface area is 226 Å². The minimum absolute atomic E-state index is 0.00219. The predicted molar refractivity (Wildman–Crippen MR) is 139 cm³/mol. The maximum atomic E-state index is 13.4. The van der Waals surface area contributed by atoms with Gasteiger partial charge in [-0.25, -0.2) is 9.50 Å². The summed E-state index contributed by atoms with van der Waals surface area (Å²) in [5, 5.41) is 6.89. The van der Waals surface area contributed by atoms with Gasteiger partial charge in [0.2, 0.25) is 0 Å². The van der Waals surface area contributed by atoms with Crippen molar-refractivity contribution in [2.45, 2.75) is 45.6 Å². The van der Waals surface area contributed by atoms with Crippen molar-refractivity contribution < 1.29 is 27.5 Å². The third-order valence-corrected chi connectivity index (χ3v) is 7.34. The largest absolute Gasteiger partial charge is 0.573 e. The zero-order valence-corrected chi connectivity index (χ0v) is 21.5. The Bertz CT molecular complexity index is 1680. The SMILES string of the molecule is Cc1ccncc1NC(=O)c1c(N)nn2ccc(-c3cc4c(c(OC(F)(F)F)c3)C(=O)N(C(C)C3CC3)C4)nc12. The molecular formula is C27H24F3N7O3. The van der Waals surface area contributed by atoms with E-state index in [0.717, 1.165) is 24.5 Å². The number of halogens is 3. The molecular weight excluding hydrogens is 527 g/mol.